The molecule has 4 heteroatoms. The summed E-state index contributed by atoms with van der Waals surface area (Å²) in [5.74, 6) is 1.31. The smallest absolute Gasteiger partial charge is 0.146 e. The van der Waals surface area contributed by atoms with E-state index in [0.29, 0.717) is 6.61 Å². The lowest BCUT2D eigenvalue weighted by molar-refractivity contribution is 0.343. The number of isothiocyanates is 1. The van der Waals surface area contributed by atoms with E-state index in [2.05, 4.69) is 72.3 Å². The van der Waals surface area contributed by atoms with Crippen molar-refractivity contribution in [3.63, 3.8) is 0 Å². The summed E-state index contributed by atoms with van der Waals surface area (Å²) in [6.45, 7) is 9.16. The lowest BCUT2D eigenvalue weighted by Crippen LogP contribution is -2.22. The average Bonchev–Trinajstić information content (AvgIpc) is 3.05. The van der Waals surface area contributed by atoms with Crippen LogP contribution < -0.4 is 9.64 Å². The Hall–Kier alpha value is -2.16. The number of hydrogen-bond donors (Lipinski definition) is 0. The molecule has 1 atom stereocenters. The summed E-state index contributed by atoms with van der Waals surface area (Å²) in [6, 6.07) is 12.6. The Bertz CT molecular complexity index is 775. The van der Waals surface area contributed by atoms with Crippen LogP contribution in [0.25, 0.3) is 0 Å². The third kappa shape index (κ3) is 2.95. The summed E-state index contributed by atoms with van der Waals surface area (Å²) < 4.78 is 6.15. The first kappa shape index (κ1) is 16.7. The van der Waals surface area contributed by atoms with Crippen LogP contribution in [-0.2, 0) is 0 Å². The predicted octanol–water partition coefficient (Wildman–Crippen LogP) is 5.10. The highest BCUT2D eigenvalue weighted by Gasteiger charge is 2.30. The van der Waals surface area contributed by atoms with Crippen molar-refractivity contribution < 1.29 is 4.74 Å². The minimum absolute atomic E-state index is 0.265. The van der Waals surface area contributed by atoms with Gasteiger partial charge in [-0.05, 0) is 62.3 Å². The van der Waals surface area contributed by atoms with Gasteiger partial charge in [0.15, 0.2) is 0 Å². The Labute approximate surface area is 149 Å². The lowest BCUT2D eigenvalue weighted by atomic mass is 9.89. The number of thiocarbonyl (C=S) groups is 1. The van der Waals surface area contributed by atoms with Crippen LogP contribution in [0.1, 0.15) is 36.5 Å². The van der Waals surface area contributed by atoms with Crippen molar-refractivity contribution in [2.45, 2.75) is 26.7 Å². The number of aliphatic imine (C=N–C) groups is 1. The van der Waals surface area contributed by atoms with E-state index in [1.807, 2.05) is 12.1 Å². The van der Waals surface area contributed by atoms with Gasteiger partial charge in [0.1, 0.15) is 5.75 Å². The number of anilines is 1. The zero-order valence-electron chi connectivity index (χ0n) is 14.4. The van der Waals surface area contributed by atoms with Gasteiger partial charge in [0, 0.05) is 24.6 Å². The second-order valence-corrected chi connectivity index (χ2v) is 6.16. The fourth-order valence-corrected chi connectivity index (χ4v) is 3.54. The van der Waals surface area contributed by atoms with Gasteiger partial charge >= 0.3 is 0 Å². The highest BCUT2D eigenvalue weighted by atomic mass is 32.1. The second kappa shape index (κ2) is 7.16. The predicted molar refractivity (Wildman–Crippen MR) is 103 cm³/mol. The molecule has 1 aliphatic rings. The molecule has 0 aromatic heterocycles. The van der Waals surface area contributed by atoms with Gasteiger partial charge in [0.2, 0.25) is 0 Å². The zero-order valence-corrected chi connectivity index (χ0v) is 15.2. The molecule has 3 nitrogen and oxygen atoms in total. The normalized spacial score (nSPS) is 15.4. The Kier molecular flexibility index (Phi) is 4.98. The minimum Gasteiger partial charge on any atom is -0.490 e. The van der Waals surface area contributed by atoms with Crippen LogP contribution in [0.3, 0.4) is 0 Å². The van der Waals surface area contributed by atoms with Crippen LogP contribution in [0.5, 0.6) is 5.75 Å². The van der Waals surface area contributed by atoms with E-state index >= 15 is 0 Å². The molecule has 0 aliphatic carbocycles. The van der Waals surface area contributed by atoms with Gasteiger partial charge in [-0.1, -0.05) is 18.2 Å². The molecule has 0 saturated carbocycles. The maximum absolute atomic E-state index is 6.15. The van der Waals surface area contributed by atoms with Gasteiger partial charge in [-0.2, -0.15) is 4.99 Å². The van der Waals surface area contributed by atoms with Gasteiger partial charge in [-0.15, -0.1) is 0 Å². The van der Waals surface area contributed by atoms with Crippen LogP contribution in [0.4, 0.5) is 11.4 Å². The molecule has 0 bridgehead atoms. The molecule has 24 heavy (non-hydrogen) atoms. The molecule has 0 saturated heterocycles. The van der Waals surface area contributed by atoms with Crippen LogP contribution >= 0.6 is 12.2 Å². The molecular formula is C20H22N2OS. The van der Waals surface area contributed by atoms with Crippen molar-refractivity contribution in [2.24, 2.45) is 4.99 Å². The Morgan fingerprint density at radius 2 is 1.88 bits per heavy atom. The molecule has 1 heterocycles. The van der Waals surface area contributed by atoms with E-state index in [1.165, 1.54) is 22.4 Å². The van der Waals surface area contributed by atoms with Gasteiger partial charge in [-0.3, -0.25) is 0 Å². The summed E-state index contributed by atoms with van der Waals surface area (Å²) in [5, 5.41) is 2.41. The maximum Gasteiger partial charge on any atom is 0.146 e. The van der Waals surface area contributed by atoms with E-state index < -0.39 is 0 Å². The first-order valence-corrected chi connectivity index (χ1v) is 8.79. The van der Waals surface area contributed by atoms with Crippen molar-refractivity contribution in [3.8, 4) is 5.75 Å². The molecular weight excluding hydrogens is 316 g/mol. The third-order valence-electron chi connectivity index (χ3n) is 4.71. The Balaban J connectivity index is 2.02. The molecule has 0 amide bonds. The number of hydrogen-bond acceptors (Lipinski definition) is 4. The molecule has 1 aliphatic heterocycles. The van der Waals surface area contributed by atoms with E-state index in [-0.39, 0.29) is 5.92 Å². The van der Waals surface area contributed by atoms with Gasteiger partial charge < -0.3 is 9.64 Å². The molecule has 1 unspecified atom stereocenters. The first-order valence-electron chi connectivity index (χ1n) is 8.38. The molecule has 2 aromatic carbocycles. The van der Waals surface area contributed by atoms with Crippen LogP contribution in [0.15, 0.2) is 41.4 Å². The SMILES string of the molecule is CCN(CC)c1ccc(C)c2c1OCC2c1ccc(N=C=S)cc1. The van der Waals surface area contributed by atoms with Gasteiger partial charge in [0.05, 0.1) is 23.1 Å². The second-order valence-electron chi connectivity index (χ2n) is 5.97. The minimum atomic E-state index is 0.265. The van der Waals surface area contributed by atoms with Crippen molar-refractivity contribution in [2.75, 3.05) is 24.6 Å². The lowest BCUT2D eigenvalue weighted by Gasteiger charge is -2.24. The molecule has 0 radical (unpaired) electrons. The molecule has 0 N–H and O–H groups in total. The summed E-state index contributed by atoms with van der Waals surface area (Å²) in [7, 11) is 0. The van der Waals surface area contributed by atoms with Gasteiger partial charge in [-0.25, -0.2) is 0 Å². The third-order valence-corrected chi connectivity index (χ3v) is 4.80. The Morgan fingerprint density at radius 1 is 1.17 bits per heavy atom. The topological polar surface area (TPSA) is 24.8 Å². The van der Waals surface area contributed by atoms with Crippen LogP contribution in [0, 0.1) is 6.92 Å². The van der Waals surface area contributed by atoms with E-state index in [9.17, 15) is 0 Å². The summed E-state index contributed by atoms with van der Waals surface area (Å²) >= 11 is 4.66. The highest BCUT2D eigenvalue weighted by Crippen LogP contribution is 2.46. The molecule has 0 fully saturated rings. The maximum atomic E-state index is 6.15. The number of aryl methyl sites for hydroxylation is 1. The number of rotatable bonds is 5. The van der Waals surface area contributed by atoms with Gasteiger partial charge in [0.25, 0.3) is 0 Å². The molecule has 0 spiro atoms. The van der Waals surface area contributed by atoms with Crippen molar-refractivity contribution >= 4 is 28.8 Å². The van der Waals surface area contributed by atoms with E-state index in [4.69, 9.17) is 4.74 Å². The fourth-order valence-electron chi connectivity index (χ4n) is 3.43. The number of fused-ring (bicyclic) bond motifs is 1. The standard InChI is InChI=1S/C20H22N2OS/c1-4-22(5-2)18-11-6-14(3)19-17(12-23-20(18)19)15-7-9-16(10-8-15)21-13-24/h6-11,17H,4-5,12H2,1-3H3. The monoisotopic (exact) mass is 338 g/mol. The summed E-state index contributed by atoms with van der Waals surface area (Å²) in [6.07, 6.45) is 0. The van der Waals surface area contributed by atoms with Crippen molar-refractivity contribution in [3.05, 3.63) is 53.1 Å². The fraction of sp³-hybridized carbons (Fsp3) is 0.350. The van der Waals surface area contributed by atoms with E-state index in [0.717, 1.165) is 24.5 Å². The summed E-state index contributed by atoms with van der Waals surface area (Å²) in [5.41, 5.74) is 5.87. The molecule has 3 rings (SSSR count). The van der Waals surface area contributed by atoms with Crippen molar-refractivity contribution in [1.82, 2.24) is 0 Å². The average molecular weight is 338 g/mol. The molecule has 2 aromatic rings. The number of nitrogens with zero attached hydrogens (tertiary/aromatic N) is 2. The van der Waals surface area contributed by atoms with Crippen LogP contribution in [-0.4, -0.2) is 24.9 Å². The number of ether oxygens (including phenoxy) is 1. The summed E-state index contributed by atoms with van der Waals surface area (Å²) in [4.78, 5) is 6.37. The van der Waals surface area contributed by atoms with E-state index in [1.54, 1.807) is 0 Å². The van der Waals surface area contributed by atoms with Crippen molar-refractivity contribution in [1.29, 1.82) is 0 Å². The number of benzene rings is 2. The zero-order chi connectivity index (χ0) is 17.1. The highest BCUT2D eigenvalue weighted by molar-refractivity contribution is 7.78. The Morgan fingerprint density at radius 3 is 2.50 bits per heavy atom. The largest absolute Gasteiger partial charge is 0.490 e. The van der Waals surface area contributed by atoms with Crippen LogP contribution in [0.2, 0.25) is 0 Å². The first-order chi connectivity index (χ1) is 11.7. The molecule has 124 valence electrons. The quantitative estimate of drug-likeness (QED) is 0.560.